The first-order valence-electron chi connectivity index (χ1n) is 5.95. The van der Waals surface area contributed by atoms with E-state index < -0.39 is 11.5 Å². The molecule has 0 aliphatic rings. The van der Waals surface area contributed by atoms with Crippen molar-refractivity contribution in [3.8, 4) is 12.3 Å². The Labute approximate surface area is 108 Å². The molecule has 0 aliphatic carbocycles. The summed E-state index contributed by atoms with van der Waals surface area (Å²) in [5.41, 5.74) is 0.481. The molecule has 0 radical (unpaired) electrons. The summed E-state index contributed by atoms with van der Waals surface area (Å²) in [6.07, 6.45) is 5.87. The molecule has 0 fully saturated rings. The number of carboxylic acids is 1. The zero-order chi connectivity index (χ0) is 13.8. The lowest BCUT2D eigenvalue weighted by Crippen LogP contribution is -2.44. The minimum Gasteiger partial charge on any atom is -0.480 e. The van der Waals surface area contributed by atoms with Gasteiger partial charge in [-0.05, 0) is 37.5 Å². The molecule has 0 saturated carbocycles. The SMILES string of the molecule is C#Cc1cccc(NC(C)(CC(C)C)C(=O)O)c1. The van der Waals surface area contributed by atoms with E-state index in [1.165, 1.54) is 0 Å². The lowest BCUT2D eigenvalue weighted by Gasteiger charge is -2.29. The molecule has 1 aromatic rings. The molecular weight excluding hydrogens is 226 g/mol. The van der Waals surface area contributed by atoms with Crippen LogP contribution in [0.3, 0.4) is 0 Å². The first-order valence-corrected chi connectivity index (χ1v) is 5.95. The van der Waals surface area contributed by atoms with Crippen LogP contribution >= 0.6 is 0 Å². The quantitative estimate of drug-likeness (QED) is 0.784. The number of carboxylic acid groups (broad SMARTS) is 1. The Morgan fingerprint density at radius 1 is 1.56 bits per heavy atom. The highest BCUT2D eigenvalue weighted by atomic mass is 16.4. The minimum absolute atomic E-state index is 0.286. The van der Waals surface area contributed by atoms with E-state index in [0.717, 1.165) is 11.3 Å². The van der Waals surface area contributed by atoms with Crippen LogP contribution < -0.4 is 5.32 Å². The molecule has 1 rings (SSSR count). The van der Waals surface area contributed by atoms with Crippen LogP contribution in [0.1, 0.15) is 32.8 Å². The van der Waals surface area contributed by atoms with Crippen LogP contribution in [0.25, 0.3) is 0 Å². The third kappa shape index (κ3) is 3.53. The van der Waals surface area contributed by atoms with Crippen LogP contribution in [0.2, 0.25) is 0 Å². The number of aliphatic carboxylic acids is 1. The normalized spacial score (nSPS) is 13.7. The summed E-state index contributed by atoms with van der Waals surface area (Å²) in [5, 5.41) is 12.4. The second-order valence-corrected chi connectivity index (χ2v) is 5.09. The maximum Gasteiger partial charge on any atom is 0.329 e. The van der Waals surface area contributed by atoms with Crippen LogP contribution in [-0.4, -0.2) is 16.6 Å². The fraction of sp³-hybridized carbons (Fsp3) is 0.400. The molecule has 96 valence electrons. The maximum absolute atomic E-state index is 11.4. The van der Waals surface area contributed by atoms with Crippen molar-refractivity contribution >= 4 is 11.7 Å². The number of nitrogens with one attached hydrogen (secondary N) is 1. The number of anilines is 1. The molecule has 0 aliphatic heterocycles. The smallest absolute Gasteiger partial charge is 0.329 e. The number of rotatable bonds is 5. The first kappa shape index (κ1) is 14.1. The molecule has 1 unspecified atom stereocenters. The van der Waals surface area contributed by atoms with Crippen molar-refractivity contribution in [3.63, 3.8) is 0 Å². The van der Waals surface area contributed by atoms with E-state index in [1.54, 1.807) is 13.0 Å². The number of carbonyl (C=O) groups is 1. The Morgan fingerprint density at radius 2 is 2.22 bits per heavy atom. The van der Waals surface area contributed by atoms with Crippen molar-refractivity contribution in [2.45, 2.75) is 32.7 Å². The van der Waals surface area contributed by atoms with Gasteiger partial charge in [0.25, 0.3) is 0 Å². The molecule has 2 N–H and O–H groups in total. The van der Waals surface area contributed by atoms with Gasteiger partial charge in [-0.3, -0.25) is 0 Å². The first-order chi connectivity index (χ1) is 8.37. The van der Waals surface area contributed by atoms with Gasteiger partial charge in [0.15, 0.2) is 0 Å². The second kappa shape index (κ2) is 5.59. The van der Waals surface area contributed by atoms with Gasteiger partial charge in [0.05, 0.1) is 0 Å². The standard InChI is InChI=1S/C15H19NO2/c1-5-12-7-6-8-13(9-12)16-15(4,14(17)18)10-11(2)3/h1,6-9,11,16H,10H2,2-4H3,(H,17,18). The van der Waals surface area contributed by atoms with Crippen molar-refractivity contribution in [3.05, 3.63) is 29.8 Å². The molecule has 0 aromatic heterocycles. The van der Waals surface area contributed by atoms with E-state index in [1.807, 2.05) is 32.0 Å². The Balaban J connectivity index is 2.97. The highest BCUT2D eigenvalue weighted by Crippen LogP contribution is 2.23. The van der Waals surface area contributed by atoms with Crippen LogP contribution in [0, 0.1) is 18.3 Å². The fourth-order valence-electron chi connectivity index (χ4n) is 2.01. The van der Waals surface area contributed by atoms with Crippen molar-refractivity contribution < 1.29 is 9.90 Å². The molecule has 0 bridgehead atoms. The van der Waals surface area contributed by atoms with Crippen molar-refractivity contribution in [1.82, 2.24) is 0 Å². The minimum atomic E-state index is -0.985. The summed E-state index contributed by atoms with van der Waals surface area (Å²) in [7, 11) is 0. The largest absolute Gasteiger partial charge is 0.480 e. The average molecular weight is 245 g/mol. The number of terminal acetylenes is 1. The summed E-state index contributed by atoms with van der Waals surface area (Å²) in [4.78, 5) is 11.4. The van der Waals surface area contributed by atoms with Gasteiger partial charge < -0.3 is 10.4 Å². The van der Waals surface area contributed by atoms with Crippen molar-refractivity contribution in [2.75, 3.05) is 5.32 Å². The molecule has 0 spiro atoms. The number of hydrogen-bond acceptors (Lipinski definition) is 2. The van der Waals surface area contributed by atoms with Gasteiger partial charge in [0, 0.05) is 11.3 Å². The van der Waals surface area contributed by atoms with Crippen LogP contribution in [0.15, 0.2) is 24.3 Å². The van der Waals surface area contributed by atoms with Gasteiger partial charge in [-0.1, -0.05) is 25.8 Å². The lowest BCUT2D eigenvalue weighted by molar-refractivity contribution is -0.142. The van der Waals surface area contributed by atoms with E-state index in [2.05, 4.69) is 11.2 Å². The molecule has 0 heterocycles. The van der Waals surface area contributed by atoms with E-state index >= 15 is 0 Å². The van der Waals surface area contributed by atoms with E-state index in [-0.39, 0.29) is 5.92 Å². The Hall–Kier alpha value is -1.95. The van der Waals surface area contributed by atoms with E-state index in [9.17, 15) is 9.90 Å². The molecule has 0 amide bonds. The number of hydrogen-bond donors (Lipinski definition) is 2. The van der Waals surface area contributed by atoms with Gasteiger partial charge in [-0.25, -0.2) is 4.79 Å². The molecule has 3 nitrogen and oxygen atoms in total. The Kier molecular flexibility index (Phi) is 4.38. The van der Waals surface area contributed by atoms with Gasteiger partial charge in [-0.2, -0.15) is 0 Å². The van der Waals surface area contributed by atoms with Crippen molar-refractivity contribution in [2.24, 2.45) is 5.92 Å². The molecule has 0 saturated heterocycles. The highest BCUT2D eigenvalue weighted by molar-refractivity contribution is 5.82. The van der Waals surface area contributed by atoms with E-state index in [0.29, 0.717) is 6.42 Å². The molecule has 18 heavy (non-hydrogen) atoms. The predicted octanol–water partition coefficient (Wildman–Crippen LogP) is 2.97. The van der Waals surface area contributed by atoms with Gasteiger partial charge in [-0.15, -0.1) is 6.42 Å². The topological polar surface area (TPSA) is 49.3 Å². The lowest BCUT2D eigenvalue weighted by atomic mass is 9.90. The highest BCUT2D eigenvalue weighted by Gasteiger charge is 2.33. The Morgan fingerprint density at radius 3 is 2.72 bits per heavy atom. The average Bonchev–Trinajstić information content (AvgIpc) is 2.27. The maximum atomic E-state index is 11.4. The fourth-order valence-corrected chi connectivity index (χ4v) is 2.01. The second-order valence-electron chi connectivity index (χ2n) is 5.09. The van der Waals surface area contributed by atoms with Crippen LogP contribution in [0.4, 0.5) is 5.69 Å². The van der Waals surface area contributed by atoms with Gasteiger partial charge in [0.1, 0.15) is 5.54 Å². The van der Waals surface area contributed by atoms with Crippen molar-refractivity contribution in [1.29, 1.82) is 0 Å². The zero-order valence-electron chi connectivity index (χ0n) is 11.0. The summed E-state index contributed by atoms with van der Waals surface area (Å²) in [6, 6.07) is 7.23. The summed E-state index contributed by atoms with van der Waals surface area (Å²) in [6.45, 7) is 5.69. The van der Waals surface area contributed by atoms with Gasteiger partial charge >= 0.3 is 5.97 Å². The van der Waals surface area contributed by atoms with E-state index in [4.69, 9.17) is 6.42 Å². The predicted molar refractivity (Wildman–Crippen MR) is 73.5 cm³/mol. The Bertz CT molecular complexity index is 474. The summed E-state index contributed by atoms with van der Waals surface area (Å²) in [5.74, 6) is 1.96. The van der Waals surface area contributed by atoms with Crippen LogP contribution in [-0.2, 0) is 4.79 Å². The molecular formula is C15H19NO2. The number of benzene rings is 1. The van der Waals surface area contributed by atoms with Crippen LogP contribution in [0.5, 0.6) is 0 Å². The van der Waals surface area contributed by atoms with Gasteiger partial charge in [0.2, 0.25) is 0 Å². The zero-order valence-corrected chi connectivity index (χ0v) is 11.0. The third-order valence-electron chi connectivity index (χ3n) is 2.74. The summed E-state index contributed by atoms with van der Waals surface area (Å²) < 4.78 is 0. The summed E-state index contributed by atoms with van der Waals surface area (Å²) >= 11 is 0. The molecule has 1 atom stereocenters. The molecule has 1 aromatic carbocycles. The molecule has 3 heteroatoms. The monoisotopic (exact) mass is 245 g/mol. The third-order valence-corrected chi connectivity index (χ3v) is 2.74.